The van der Waals surface area contributed by atoms with E-state index < -0.39 is 0 Å². The Morgan fingerprint density at radius 3 is 2.45 bits per heavy atom. The van der Waals surface area contributed by atoms with Crippen LogP contribution in [0.1, 0.15) is 25.3 Å². The van der Waals surface area contributed by atoms with Crippen molar-refractivity contribution in [1.29, 1.82) is 0 Å². The lowest BCUT2D eigenvalue weighted by Gasteiger charge is -2.09. The zero-order valence-electron chi connectivity index (χ0n) is 11.8. The summed E-state index contributed by atoms with van der Waals surface area (Å²) >= 11 is 0. The van der Waals surface area contributed by atoms with Crippen LogP contribution in [0.3, 0.4) is 0 Å². The normalized spacial score (nSPS) is 17.6. The van der Waals surface area contributed by atoms with Crippen molar-refractivity contribution in [3.05, 3.63) is 60.2 Å². The Hall–Kier alpha value is -2.09. The van der Waals surface area contributed by atoms with Crippen molar-refractivity contribution in [3.8, 4) is 11.1 Å². The van der Waals surface area contributed by atoms with Gasteiger partial charge >= 0.3 is 0 Å². The average Bonchev–Trinajstić information content (AvgIpc) is 2.97. The molecule has 0 radical (unpaired) electrons. The van der Waals surface area contributed by atoms with Gasteiger partial charge in [0.05, 0.1) is 6.04 Å². The predicted molar refractivity (Wildman–Crippen MR) is 83.1 cm³/mol. The standard InChI is InChI=1S/C18H19NO/c1-2-8-15-13-20-18(19-15)17-12-7-6-11-16(17)14-9-4-3-5-10-14/h3-7,9-12,15H,2,8,13H2,1H3. The molecule has 1 unspecified atom stereocenters. The summed E-state index contributed by atoms with van der Waals surface area (Å²) in [5.41, 5.74) is 3.48. The van der Waals surface area contributed by atoms with E-state index in [0.717, 1.165) is 24.3 Å². The van der Waals surface area contributed by atoms with Crippen molar-refractivity contribution in [3.63, 3.8) is 0 Å². The van der Waals surface area contributed by atoms with Crippen LogP contribution in [0.5, 0.6) is 0 Å². The van der Waals surface area contributed by atoms with Crippen LogP contribution in [0.4, 0.5) is 0 Å². The summed E-state index contributed by atoms with van der Waals surface area (Å²) in [6.45, 7) is 2.90. The fourth-order valence-electron chi connectivity index (χ4n) is 2.58. The van der Waals surface area contributed by atoms with Gasteiger partial charge in [-0.15, -0.1) is 0 Å². The van der Waals surface area contributed by atoms with Crippen molar-refractivity contribution in [2.75, 3.05) is 6.61 Å². The molecular weight excluding hydrogens is 246 g/mol. The Balaban J connectivity index is 1.97. The third-order valence-corrected chi connectivity index (χ3v) is 3.58. The third-order valence-electron chi connectivity index (χ3n) is 3.58. The van der Waals surface area contributed by atoms with Crippen LogP contribution in [0.25, 0.3) is 11.1 Å². The summed E-state index contributed by atoms with van der Waals surface area (Å²) in [6.07, 6.45) is 2.24. The van der Waals surface area contributed by atoms with Gasteiger partial charge in [-0.05, 0) is 23.6 Å². The van der Waals surface area contributed by atoms with Crippen molar-refractivity contribution in [2.45, 2.75) is 25.8 Å². The minimum absolute atomic E-state index is 0.318. The van der Waals surface area contributed by atoms with Gasteiger partial charge in [0.25, 0.3) is 0 Å². The van der Waals surface area contributed by atoms with Crippen molar-refractivity contribution >= 4 is 5.90 Å². The SMILES string of the molecule is CCCC1COC(c2ccccc2-c2ccccc2)=N1. The van der Waals surface area contributed by atoms with E-state index in [-0.39, 0.29) is 0 Å². The maximum atomic E-state index is 5.82. The third kappa shape index (κ3) is 2.60. The van der Waals surface area contributed by atoms with E-state index in [2.05, 4.69) is 49.4 Å². The highest BCUT2D eigenvalue weighted by Gasteiger charge is 2.21. The summed E-state index contributed by atoms with van der Waals surface area (Å²) in [4.78, 5) is 4.73. The molecule has 2 aromatic carbocycles. The molecule has 20 heavy (non-hydrogen) atoms. The van der Waals surface area contributed by atoms with Crippen LogP contribution in [0, 0.1) is 0 Å². The zero-order chi connectivity index (χ0) is 13.8. The summed E-state index contributed by atoms with van der Waals surface area (Å²) in [5, 5.41) is 0. The molecular formula is C18H19NO. The van der Waals surface area contributed by atoms with Crippen molar-refractivity contribution < 1.29 is 4.74 Å². The van der Waals surface area contributed by atoms with E-state index >= 15 is 0 Å². The minimum Gasteiger partial charge on any atom is -0.475 e. The second kappa shape index (κ2) is 5.91. The highest BCUT2D eigenvalue weighted by Crippen LogP contribution is 2.26. The molecule has 1 aliphatic rings. The van der Waals surface area contributed by atoms with Gasteiger partial charge in [0.2, 0.25) is 5.90 Å². The average molecular weight is 265 g/mol. The number of nitrogens with zero attached hydrogens (tertiary/aromatic N) is 1. The van der Waals surface area contributed by atoms with Gasteiger partial charge < -0.3 is 4.74 Å². The second-order valence-electron chi connectivity index (χ2n) is 5.10. The molecule has 0 saturated heterocycles. The molecule has 0 fully saturated rings. The zero-order valence-corrected chi connectivity index (χ0v) is 11.8. The van der Waals surface area contributed by atoms with Crippen molar-refractivity contribution in [1.82, 2.24) is 0 Å². The Kier molecular flexibility index (Phi) is 3.82. The number of hydrogen-bond donors (Lipinski definition) is 0. The fraction of sp³-hybridized carbons (Fsp3) is 0.278. The molecule has 0 amide bonds. The first kappa shape index (κ1) is 12.9. The Morgan fingerprint density at radius 2 is 1.70 bits per heavy atom. The first-order valence-electron chi connectivity index (χ1n) is 7.24. The lowest BCUT2D eigenvalue weighted by atomic mass is 10.00. The minimum atomic E-state index is 0.318. The molecule has 2 nitrogen and oxygen atoms in total. The molecule has 1 atom stereocenters. The van der Waals surface area contributed by atoms with E-state index in [1.54, 1.807) is 0 Å². The largest absolute Gasteiger partial charge is 0.475 e. The Labute approximate surface area is 120 Å². The highest BCUT2D eigenvalue weighted by molar-refractivity contribution is 6.01. The van der Waals surface area contributed by atoms with E-state index in [1.807, 2.05) is 12.1 Å². The van der Waals surface area contributed by atoms with Crippen molar-refractivity contribution in [2.24, 2.45) is 4.99 Å². The van der Waals surface area contributed by atoms with Crippen LogP contribution in [-0.2, 0) is 4.74 Å². The van der Waals surface area contributed by atoms with E-state index in [9.17, 15) is 0 Å². The number of benzene rings is 2. The van der Waals surface area contributed by atoms with E-state index in [4.69, 9.17) is 9.73 Å². The maximum Gasteiger partial charge on any atom is 0.217 e. The predicted octanol–water partition coefficient (Wildman–Crippen LogP) is 4.30. The van der Waals surface area contributed by atoms with Gasteiger partial charge in [-0.25, -0.2) is 4.99 Å². The van der Waals surface area contributed by atoms with Gasteiger partial charge in [-0.1, -0.05) is 61.9 Å². The van der Waals surface area contributed by atoms with Gasteiger partial charge in [0, 0.05) is 5.56 Å². The quantitative estimate of drug-likeness (QED) is 0.807. The van der Waals surface area contributed by atoms with Crippen LogP contribution in [0.15, 0.2) is 59.6 Å². The van der Waals surface area contributed by atoms with Crippen LogP contribution < -0.4 is 0 Å². The number of ether oxygens (including phenoxy) is 1. The summed E-state index contributed by atoms with van der Waals surface area (Å²) in [7, 11) is 0. The molecule has 1 aliphatic heterocycles. The first-order chi connectivity index (χ1) is 9.88. The maximum absolute atomic E-state index is 5.82. The molecule has 2 heteroatoms. The summed E-state index contributed by atoms with van der Waals surface area (Å²) < 4.78 is 5.82. The number of hydrogen-bond acceptors (Lipinski definition) is 2. The van der Waals surface area contributed by atoms with E-state index in [0.29, 0.717) is 12.6 Å². The fourth-order valence-corrected chi connectivity index (χ4v) is 2.58. The number of aliphatic imine (C=N–C) groups is 1. The molecule has 0 N–H and O–H groups in total. The summed E-state index contributed by atoms with van der Waals surface area (Å²) in [5.74, 6) is 0.794. The first-order valence-corrected chi connectivity index (χ1v) is 7.24. The van der Waals surface area contributed by atoms with Gasteiger partial charge in [0.1, 0.15) is 6.61 Å². The summed E-state index contributed by atoms with van der Waals surface area (Å²) in [6, 6.07) is 19.0. The Morgan fingerprint density at radius 1 is 1.00 bits per heavy atom. The van der Waals surface area contributed by atoms with Gasteiger partial charge in [-0.3, -0.25) is 0 Å². The second-order valence-corrected chi connectivity index (χ2v) is 5.10. The topological polar surface area (TPSA) is 21.6 Å². The van der Waals surface area contributed by atoms with Gasteiger partial charge in [-0.2, -0.15) is 0 Å². The lowest BCUT2D eigenvalue weighted by Crippen LogP contribution is -2.05. The molecule has 0 bridgehead atoms. The molecule has 0 saturated carbocycles. The number of rotatable bonds is 4. The molecule has 102 valence electrons. The molecule has 0 aromatic heterocycles. The smallest absolute Gasteiger partial charge is 0.217 e. The molecule has 1 heterocycles. The van der Waals surface area contributed by atoms with Crippen LogP contribution in [-0.4, -0.2) is 18.5 Å². The molecule has 3 rings (SSSR count). The monoisotopic (exact) mass is 265 g/mol. The highest BCUT2D eigenvalue weighted by atomic mass is 16.5. The molecule has 0 spiro atoms. The van der Waals surface area contributed by atoms with Crippen LogP contribution >= 0.6 is 0 Å². The molecule has 0 aliphatic carbocycles. The van der Waals surface area contributed by atoms with Crippen LogP contribution in [0.2, 0.25) is 0 Å². The van der Waals surface area contributed by atoms with Gasteiger partial charge in [0.15, 0.2) is 0 Å². The Bertz CT molecular complexity index is 604. The lowest BCUT2D eigenvalue weighted by molar-refractivity contribution is 0.311. The molecule has 2 aromatic rings. The van der Waals surface area contributed by atoms with E-state index in [1.165, 1.54) is 11.1 Å².